The van der Waals surface area contributed by atoms with Crippen molar-refractivity contribution in [2.75, 3.05) is 19.7 Å². The van der Waals surface area contributed by atoms with Crippen LogP contribution in [0.15, 0.2) is 47.6 Å². The molecule has 30 heavy (non-hydrogen) atoms. The zero-order chi connectivity index (χ0) is 21.1. The van der Waals surface area contributed by atoms with Gasteiger partial charge in [0.05, 0.1) is 25.4 Å². The number of ether oxygens (including phenoxy) is 2. The van der Waals surface area contributed by atoms with Gasteiger partial charge < -0.3 is 25.2 Å². The van der Waals surface area contributed by atoms with E-state index in [9.17, 15) is 5.11 Å². The third-order valence-electron chi connectivity index (χ3n) is 3.98. The molecule has 2 aromatic rings. The van der Waals surface area contributed by atoms with E-state index in [1.807, 2.05) is 64.1 Å². The third kappa shape index (κ3) is 8.74. The fourth-order valence-electron chi connectivity index (χ4n) is 2.67. The van der Waals surface area contributed by atoms with Crippen molar-refractivity contribution in [1.29, 1.82) is 0 Å². The summed E-state index contributed by atoms with van der Waals surface area (Å²) >= 11 is 0. The molecule has 0 bridgehead atoms. The lowest BCUT2D eigenvalue weighted by Gasteiger charge is -2.16. The Bertz CT molecular complexity index is 769. The van der Waals surface area contributed by atoms with Gasteiger partial charge in [-0.15, -0.1) is 24.0 Å². The van der Waals surface area contributed by atoms with Gasteiger partial charge in [-0.3, -0.25) is 0 Å². The fraction of sp³-hybridized carbons (Fsp3) is 0.455. The minimum Gasteiger partial charge on any atom is -0.491 e. The lowest BCUT2D eigenvalue weighted by atomic mass is 10.1. The minimum atomic E-state index is -0.663. The number of halogens is 1. The van der Waals surface area contributed by atoms with Crippen molar-refractivity contribution in [2.45, 2.75) is 46.4 Å². The number of guanidine groups is 1. The van der Waals surface area contributed by atoms with Crippen LogP contribution in [0, 0.1) is 0 Å². The molecule has 0 aliphatic heterocycles. The van der Waals surface area contributed by atoms with Crippen LogP contribution in [0.1, 0.15) is 44.9 Å². The van der Waals surface area contributed by atoms with Crippen molar-refractivity contribution < 1.29 is 14.6 Å². The highest BCUT2D eigenvalue weighted by Gasteiger charge is 2.10. The fourth-order valence-corrected chi connectivity index (χ4v) is 2.67. The molecule has 0 aliphatic carbocycles. The number of aliphatic imine (C=N–C) groups is 1. The van der Waals surface area contributed by atoms with Crippen molar-refractivity contribution in [1.82, 2.24) is 15.6 Å². The van der Waals surface area contributed by atoms with Crippen LogP contribution >= 0.6 is 24.0 Å². The molecule has 0 amide bonds. The van der Waals surface area contributed by atoms with E-state index in [4.69, 9.17) is 9.47 Å². The van der Waals surface area contributed by atoms with Gasteiger partial charge in [-0.25, -0.2) is 9.98 Å². The van der Waals surface area contributed by atoms with Crippen LogP contribution in [0.25, 0.3) is 0 Å². The SMILES string of the molecule is CCNC(=NCc1cccnc1OCC)NCC(O)c1ccc(OC(C)C)cc1.I. The Morgan fingerprint density at radius 1 is 1.13 bits per heavy atom. The van der Waals surface area contributed by atoms with Gasteiger partial charge in [-0.2, -0.15) is 0 Å². The zero-order valence-electron chi connectivity index (χ0n) is 18.1. The molecule has 0 radical (unpaired) electrons. The number of aromatic nitrogens is 1. The Morgan fingerprint density at radius 2 is 1.87 bits per heavy atom. The van der Waals surface area contributed by atoms with Gasteiger partial charge in [-0.1, -0.05) is 18.2 Å². The molecule has 0 aliphatic rings. The summed E-state index contributed by atoms with van der Waals surface area (Å²) in [5, 5.41) is 16.9. The van der Waals surface area contributed by atoms with Crippen LogP contribution in [0.5, 0.6) is 11.6 Å². The second-order valence-corrected chi connectivity index (χ2v) is 6.73. The van der Waals surface area contributed by atoms with E-state index in [1.54, 1.807) is 6.20 Å². The molecule has 1 atom stereocenters. The zero-order valence-corrected chi connectivity index (χ0v) is 20.4. The Morgan fingerprint density at radius 3 is 2.50 bits per heavy atom. The van der Waals surface area contributed by atoms with E-state index in [0.29, 0.717) is 38.1 Å². The molecule has 0 saturated carbocycles. The van der Waals surface area contributed by atoms with Crippen LogP contribution in [0.2, 0.25) is 0 Å². The quantitative estimate of drug-likeness (QED) is 0.248. The molecule has 8 heteroatoms. The number of hydrogen-bond donors (Lipinski definition) is 3. The van der Waals surface area contributed by atoms with Gasteiger partial charge in [0.2, 0.25) is 5.88 Å². The molecule has 166 valence electrons. The van der Waals surface area contributed by atoms with Gasteiger partial charge in [0.25, 0.3) is 0 Å². The van der Waals surface area contributed by atoms with E-state index in [0.717, 1.165) is 16.9 Å². The highest BCUT2D eigenvalue weighted by Crippen LogP contribution is 2.18. The number of aliphatic hydroxyl groups is 1. The van der Waals surface area contributed by atoms with E-state index in [-0.39, 0.29) is 30.1 Å². The van der Waals surface area contributed by atoms with Gasteiger partial charge in [0.1, 0.15) is 5.75 Å². The molecule has 0 saturated heterocycles. The summed E-state index contributed by atoms with van der Waals surface area (Å²) < 4.78 is 11.2. The maximum absolute atomic E-state index is 10.5. The standard InChI is InChI=1S/C22H32N4O3.HI/c1-5-23-22(25-14-18-8-7-13-24-21(18)28-6-2)26-15-20(27)17-9-11-19(12-10-17)29-16(3)4;/h7-13,16,20,27H,5-6,14-15H2,1-4H3,(H2,23,25,26);1H. The molecule has 3 N–H and O–H groups in total. The molecule has 0 spiro atoms. The van der Waals surface area contributed by atoms with Crippen molar-refractivity contribution >= 4 is 29.9 Å². The average molecular weight is 528 g/mol. The third-order valence-corrected chi connectivity index (χ3v) is 3.98. The van der Waals surface area contributed by atoms with Gasteiger partial charge in [0, 0.05) is 24.8 Å². The van der Waals surface area contributed by atoms with E-state index in [1.165, 1.54) is 0 Å². The van der Waals surface area contributed by atoms with E-state index in [2.05, 4.69) is 20.6 Å². The summed E-state index contributed by atoms with van der Waals surface area (Å²) in [5.41, 5.74) is 1.73. The molecule has 1 aromatic heterocycles. The van der Waals surface area contributed by atoms with E-state index >= 15 is 0 Å². The predicted octanol–water partition coefficient (Wildman–Crippen LogP) is 3.67. The Labute approximate surface area is 196 Å². The van der Waals surface area contributed by atoms with Crippen molar-refractivity contribution in [3.05, 3.63) is 53.7 Å². The summed E-state index contributed by atoms with van der Waals surface area (Å²) in [5.74, 6) is 2.01. The highest BCUT2D eigenvalue weighted by molar-refractivity contribution is 14.0. The Kier molecular flexibility index (Phi) is 12.1. The largest absolute Gasteiger partial charge is 0.491 e. The maximum atomic E-state index is 10.5. The highest BCUT2D eigenvalue weighted by atomic mass is 127. The van der Waals surface area contributed by atoms with Crippen molar-refractivity contribution in [3.8, 4) is 11.6 Å². The molecule has 0 fully saturated rings. The topological polar surface area (TPSA) is 88.0 Å². The maximum Gasteiger partial charge on any atom is 0.218 e. The monoisotopic (exact) mass is 528 g/mol. The number of nitrogens with one attached hydrogen (secondary N) is 2. The van der Waals surface area contributed by atoms with Crippen molar-refractivity contribution in [2.24, 2.45) is 4.99 Å². The number of benzene rings is 1. The first kappa shape index (κ1) is 26.0. The number of nitrogens with zero attached hydrogens (tertiary/aromatic N) is 2. The Hall–Kier alpha value is -2.07. The van der Waals surface area contributed by atoms with Gasteiger partial charge in [-0.05, 0) is 51.5 Å². The van der Waals surface area contributed by atoms with Crippen molar-refractivity contribution in [3.63, 3.8) is 0 Å². The average Bonchev–Trinajstić information content (AvgIpc) is 2.71. The number of aliphatic hydroxyl groups excluding tert-OH is 1. The summed E-state index contributed by atoms with van der Waals surface area (Å²) in [6.45, 7) is 9.92. The lowest BCUT2D eigenvalue weighted by Crippen LogP contribution is -2.39. The van der Waals surface area contributed by atoms with Gasteiger partial charge >= 0.3 is 0 Å². The molecule has 1 aromatic carbocycles. The summed E-state index contributed by atoms with van der Waals surface area (Å²) in [4.78, 5) is 8.83. The molecule has 2 rings (SSSR count). The van der Waals surface area contributed by atoms with E-state index < -0.39 is 6.10 Å². The second-order valence-electron chi connectivity index (χ2n) is 6.73. The summed E-state index contributed by atoms with van der Waals surface area (Å²) in [6.07, 6.45) is 1.16. The number of hydrogen-bond acceptors (Lipinski definition) is 5. The first-order valence-corrected chi connectivity index (χ1v) is 10.1. The summed E-state index contributed by atoms with van der Waals surface area (Å²) in [6, 6.07) is 11.3. The number of pyridine rings is 1. The minimum absolute atomic E-state index is 0. The first-order valence-electron chi connectivity index (χ1n) is 10.1. The predicted molar refractivity (Wildman–Crippen MR) is 131 cm³/mol. The normalized spacial score (nSPS) is 12.1. The smallest absolute Gasteiger partial charge is 0.218 e. The molecule has 1 heterocycles. The second kappa shape index (κ2) is 14.0. The number of rotatable bonds is 10. The van der Waals surface area contributed by atoms with Crippen LogP contribution in [0.4, 0.5) is 0 Å². The Balaban J connectivity index is 0.00000450. The van der Waals surface area contributed by atoms with Crippen LogP contribution in [-0.2, 0) is 6.54 Å². The summed E-state index contributed by atoms with van der Waals surface area (Å²) in [7, 11) is 0. The molecule has 1 unspecified atom stereocenters. The lowest BCUT2D eigenvalue weighted by molar-refractivity contribution is 0.180. The van der Waals surface area contributed by atoms with Crippen LogP contribution < -0.4 is 20.1 Å². The molecular formula is C22H33IN4O3. The first-order chi connectivity index (χ1) is 14.0. The van der Waals surface area contributed by atoms with Crippen LogP contribution in [-0.4, -0.2) is 41.9 Å². The molecule has 7 nitrogen and oxygen atoms in total. The van der Waals surface area contributed by atoms with Gasteiger partial charge in [0.15, 0.2) is 5.96 Å². The van der Waals surface area contributed by atoms with Crippen LogP contribution in [0.3, 0.4) is 0 Å². The molecular weight excluding hydrogens is 495 g/mol.